The average Bonchev–Trinajstić information content (AvgIpc) is 2.38. The van der Waals surface area contributed by atoms with Crippen LogP contribution in [0.25, 0.3) is 10.8 Å². The van der Waals surface area contributed by atoms with Crippen LogP contribution in [0.4, 0.5) is 0 Å². The fourth-order valence-electron chi connectivity index (χ4n) is 2.52. The maximum absolute atomic E-state index is 11.4. The highest BCUT2D eigenvalue weighted by atomic mass is 16.5. The molecule has 0 unspecified atom stereocenters. The van der Waals surface area contributed by atoms with Crippen LogP contribution in [0.1, 0.15) is 23.7 Å². The first-order valence-corrected chi connectivity index (χ1v) is 6.11. The van der Waals surface area contributed by atoms with E-state index in [1.165, 1.54) is 22.4 Å². The molecule has 0 radical (unpaired) electrons. The van der Waals surface area contributed by atoms with Crippen molar-refractivity contribution in [2.24, 2.45) is 0 Å². The van der Waals surface area contributed by atoms with Crippen LogP contribution >= 0.6 is 0 Å². The highest BCUT2D eigenvalue weighted by Crippen LogP contribution is 2.33. The lowest BCUT2D eigenvalue weighted by Gasteiger charge is -2.22. The first kappa shape index (κ1) is 11.0. The third-order valence-electron chi connectivity index (χ3n) is 3.37. The van der Waals surface area contributed by atoms with Gasteiger partial charge in [0.15, 0.2) is 0 Å². The molecule has 0 amide bonds. The second kappa shape index (κ2) is 4.30. The van der Waals surface area contributed by atoms with E-state index < -0.39 is 0 Å². The van der Waals surface area contributed by atoms with Gasteiger partial charge in [0, 0.05) is 18.1 Å². The van der Waals surface area contributed by atoms with Crippen molar-refractivity contribution in [2.75, 3.05) is 0 Å². The minimum Gasteiger partial charge on any atom is -0.454 e. The Labute approximate surface area is 106 Å². The Bertz CT molecular complexity index is 641. The zero-order valence-electron chi connectivity index (χ0n) is 10.2. The summed E-state index contributed by atoms with van der Waals surface area (Å²) in [5.74, 6) is -0.251. The molecule has 3 rings (SSSR count). The smallest absolute Gasteiger partial charge is 0.331 e. The molecule has 90 valence electrons. The highest BCUT2D eigenvalue weighted by molar-refractivity contribution is 5.88. The van der Waals surface area contributed by atoms with Crippen LogP contribution in [0.2, 0.25) is 0 Å². The summed E-state index contributed by atoms with van der Waals surface area (Å²) in [5, 5.41) is 2.36. The quantitative estimate of drug-likeness (QED) is 0.708. The third kappa shape index (κ3) is 1.80. The first-order chi connectivity index (χ1) is 8.75. The number of benzene rings is 2. The third-order valence-corrected chi connectivity index (χ3v) is 3.37. The van der Waals surface area contributed by atoms with Crippen LogP contribution < -0.4 is 0 Å². The van der Waals surface area contributed by atoms with Gasteiger partial charge in [0.2, 0.25) is 0 Å². The summed E-state index contributed by atoms with van der Waals surface area (Å²) in [4.78, 5) is 11.4. The molecule has 2 aromatic rings. The van der Waals surface area contributed by atoms with Crippen molar-refractivity contribution in [3.8, 4) is 0 Å². The highest BCUT2D eigenvalue weighted by Gasteiger charge is 2.21. The predicted molar refractivity (Wildman–Crippen MR) is 71.3 cm³/mol. The summed E-state index contributed by atoms with van der Waals surface area (Å²) in [5.41, 5.74) is 2.30. The van der Waals surface area contributed by atoms with Gasteiger partial charge in [-0.2, -0.15) is 0 Å². The topological polar surface area (TPSA) is 26.3 Å². The van der Waals surface area contributed by atoms with Gasteiger partial charge in [-0.1, -0.05) is 42.5 Å². The van der Waals surface area contributed by atoms with Crippen LogP contribution in [-0.4, -0.2) is 5.97 Å². The summed E-state index contributed by atoms with van der Waals surface area (Å²) in [6.07, 6.45) is 3.98. The van der Waals surface area contributed by atoms with Crippen LogP contribution in [-0.2, 0) is 9.53 Å². The normalized spacial score (nSPS) is 18.9. The van der Waals surface area contributed by atoms with Crippen LogP contribution in [0.5, 0.6) is 0 Å². The number of carbonyl (C=O) groups is 1. The summed E-state index contributed by atoms with van der Waals surface area (Å²) in [6, 6.07) is 12.4. The minimum absolute atomic E-state index is 0.159. The number of esters is 1. The number of carbonyl (C=O) groups excluding carboxylic acids is 1. The van der Waals surface area contributed by atoms with Gasteiger partial charge >= 0.3 is 5.97 Å². The van der Waals surface area contributed by atoms with Gasteiger partial charge in [0.25, 0.3) is 0 Å². The molecule has 0 fully saturated rings. The van der Waals surface area contributed by atoms with Gasteiger partial charge in [0.05, 0.1) is 0 Å². The Balaban J connectivity index is 2.18. The lowest BCUT2D eigenvalue weighted by atomic mass is 9.93. The van der Waals surface area contributed by atoms with Crippen molar-refractivity contribution in [1.29, 1.82) is 0 Å². The number of fused-ring (bicyclic) bond motifs is 1. The van der Waals surface area contributed by atoms with Crippen LogP contribution in [0.3, 0.4) is 0 Å². The standard InChI is InChI=1S/C16H14O2/c1-11-9-10-12-5-2-3-6-13(12)16(11)14-7-4-8-15(17)18-14/h2-6,8-10,14H,7H2,1H3/t14-/m1/s1. The Morgan fingerprint density at radius 2 is 2.00 bits per heavy atom. The molecule has 18 heavy (non-hydrogen) atoms. The largest absolute Gasteiger partial charge is 0.454 e. The molecule has 1 atom stereocenters. The van der Waals surface area contributed by atoms with E-state index in [0.29, 0.717) is 0 Å². The van der Waals surface area contributed by atoms with Gasteiger partial charge in [-0.15, -0.1) is 0 Å². The fraction of sp³-hybridized carbons (Fsp3) is 0.188. The molecule has 0 N–H and O–H groups in total. The molecule has 1 aliphatic heterocycles. The van der Waals surface area contributed by atoms with Crippen molar-refractivity contribution >= 4 is 16.7 Å². The fourth-order valence-corrected chi connectivity index (χ4v) is 2.52. The maximum Gasteiger partial charge on any atom is 0.331 e. The minimum atomic E-state index is -0.251. The van der Waals surface area contributed by atoms with Crippen molar-refractivity contribution < 1.29 is 9.53 Å². The summed E-state index contributed by atoms with van der Waals surface area (Å²) in [7, 11) is 0. The molecule has 1 heterocycles. The lowest BCUT2D eigenvalue weighted by Crippen LogP contribution is -2.14. The Kier molecular flexibility index (Phi) is 2.63. The summed E-state index contributed by atoms with van der Waals surface area (Å²) in [6.45, 7) is 2.06. The Morgan fingerprint density at radius 3 is 2.83 bits per heavy atom. The van der Waals surface area contributed by atoms with Gasteiger partial charge in [-0.3, -0.25) is 0 Å². The van der Waals surface area contributed by atoms with E-state index in [1.54, 1.807) is 0 Å². The average molecular weight is 238 g/mol. The number of hydrogen-bond donors (Lipinski definition) is 0. The van der Waals surface area contributed by atoms with Gasteiger partial charge in [-0.05, 0) is 23.3 Å². The zero-order valence-corrected chi connectivity index (χ0v) is 10.2. The SMILES string of the molecule is Cc1ccc2ccccc2c1[C@H]1CC=CC(=O)O1. The number of aryl methyl sites for hydroxylation is 1. The van der Waals surface area contributed by atoms with Gasteiger partial charge in [0.1, 0.15) is 6.10 Å². The van der Waals surface area contributed by atoms with E-state index >= 15 is 0 Å². The van der Waals surface area contributed by atoms with Crippen LogP contribution in [0, 0.1) is 6.92 Å². The predicted octanol–water partition coefficient (Wildman–Crippen LogP) is 3.69. The molecular formula is C16H14O2. The number of hydrogen-bond acceptors (Lipinski definition) is 2. The van der Waals surface area contributed by atoms with E-state index in [9.17, 15) is 4.79 Å². The molecule has 0 saturated carbocycles. The maximum atomic E-state index is 11.4. The Morgan fingerprint density at radius 1 is 1.17 bits per heavy atom. The monoisotopic (exact) mass is 238 g/mol. The van der Waals surface area contributed by atoms with Gasteiger partial charge < -0.3 is 4.74 Å². The molecule has 2 nitrogen and oxygen atoms in total. The number of cyclic esters (lactones) is 1. The Hall–Kier alpha value is -2.09. The van der Waals surface area contributed by atoms with Crippen molar-refractivity contribution in [3.05, 3.63) is 59.7 Å². The molecule has 0 aliphatic carbocycles. The van der Waals surface area contributed by atoms with Crippen molar-refractivity contribution in [3.63, 3.8) is 0 Å². The second-order valence-electron chi connectivity index (χ2n) is 4.58. The molecule has 0 aromatic heterocycles. The molecular weight excluding hydrogens is 224 g/mol. The van der Waals surface area contributed by atoms with Crippen LogP contribution in [0.15, 0.2) is 48.6 Å². The summed E-state index contributed by atoms with van der Waals surface area (Å²) >= 11 is 0. The summed E-state index contributed by atoms with van der Waals surface area (Å²) < 4.78 is 5.44. The molecule has 2 heteroatoms. The van der Waals surface area contributed by atoms with E-state index in [-0.39, 0.29) is 12.1 Å². The molecule has 0 saturated heterocycles. The molecule has 0 bridgehead atoms. The van der Waals surface area contributed by atoms with E-state index in [1.807, 2.05) is 18.2 Å². The molecule has 1 aliphatic rings. The second-order valence-corrected chi connectivity index (χ2v) is 4.58. The zero-order chi connectivity index (χ0) is 12.5. The van der Waals surface area contributed by atoms with E-state index in [0.717, 1.165) is 12.0 Å². The molecule has 0 spiro atoms. The first-order valence-electron chi connectivity index (χ1n) is 6.11. The number of ether oxygens (including phenoxy) is 1. The van der Waals surface area contributed by atoms with Gasteiger partial charge in [-0.25, -0.2) is 4.79 Å². The number of rotatable bonds is 1. The van der Waals surface area contributed by atoms with E-state index in [2.05, 4.69) is 31.2 Å². The molecule has 2 aromatic carbocycles. The van der Waals surface area contributed by atoms with Crippen molar-refractivity contribution in [1.82, 2.24) is 0 Å². The lowest BCUT2D eigenvalue weighted by molar-refractivity contribution is -0.144. The van der Waals surface area contributed by atoms with E-state index in [4.69, 9.17) is 4.74 Å². The van der Waals surface area contributed by atoms with Crippen molar-refractivity contribution in [2.45, 2.75) is 19.4 Å².